The molecule has 4 atom stereocenters. The highest BCUT2D eigenvalue weighted by Crippen LogP contribution is 2.27. The third kappa shape index (κ3) is 5.38. The van der Waals surface area contributed by atoms with Gasteiger partial charge < -0.3 is 18.9 Å². The highest BCUT2D eigenvalue weighted by atomic mass is 32.1. The van der Waals surface area contributed by atoms with Gasteiger partial charge in [-0.2, -0.15) is 0 Å². The van der Waals surface area contributed by atoms with Crippen LogP contribution in [0.4, 0.5) is 0 Å². The van der Waals surface area contributed by atoms with E-state index in [-0.39, 0.29) is 13.0 Å². The van der Waals surface area contributed by atoms with Crippen molar-refractivity contribution in [3.05, 3.63) is 0 Å². The highest BCUT2D eigenvalue weighted by Gasteiger charge is 2.42. The Labute approximate surface area is 122 Å². The Kier molecular flexibility index (Phi) is 6.28. The third-order valence-electron chi connectivity index (χ3n) is 2.57. The SMILES string of the molecule is CC(=O)OCC1OC(S)CC(OC(C)=O)C1OC(C)=O. The molecule has 0 radical (unpaired) electrons. The summed E-state index contributed by atoms with van der Waals surface area (Å²) in [5, 5.41) is 0. The van der Waals surface area contributed by atoms with Crippen LogP contribution in [0.2, 0.25) is 0 Å². The molecule has 0 aromatic carbocycles. The molecule has 20 heavy (non-hydrogen) atoms. The Morgan fingerprint density at radius 1 is 1.10 bits per heavy atom. The van der Waals surface area contributed by atoms with Crippen molar-refractivity contribution in [1.29, 1.82) is 0 Å². The minimum atomic E-state index is -0.834. The van der Waals surface area contributed by atoms with Crippen LogP contribution < -0.4 is 0 Å². The Hall–Kier alpha value is -1.28. The van der Waals surface area contributed by atoms with E-state index in [9.17, 15) is 14.4 Å². The molecule has 0 N–H and O–H groups in total. The van der Waals surface area contributed by atoms with E-state index in [0.29, 0.717) is 0 Å². The first kappa shape index (κ1) is 16.8. The average molecular weight is 306 g/mol. The summed E-state index contributed by atoms with van der Waals surface area (Å²) < 4.78 is 20.6. The average Bonchev–Trinajstić information content (AvgIpc) is 2.28. The smallest absolute Gasteiger partial charge is 0.303 e. The summed E-state index contributed by atoms with van der Waals surface area (Å²) in [5.74, 6) is -1.53. The molecule has 0 spiro atoms. The molecule has 1 saturated heterocycles. The van der Waals surface area contributed by atoms with Crippen molar-refractivity contribution in [2.24, 2.45) is 0 Å². The number of ether oxygens (including phenoxy) is 4. The normalized spacial score (nSPS) is 29.4. The van der Waals surface area contributed by atoms with E-state index in [1.807, 2.05) is 0 Å². The first-order chi connectivity index (χ1) is 9.29. The monoisotopic (exact) mass is 306 g/mol. The largest absolute Gasteiger partial charge is 0.463 e. The number of carbonyl (C=O) groups excluding carboxylic acids is 3. The quantitative estimate of drug-likeness (QED) is 0.458. The van der Waals surface area contributed by atoms with Gasteiger partial charge in [0, 0.05) is 27.2 Å². The first-order valence-electron chi connectivity index (χ1n) is 6.11. The maximum Gasteiger partial charge on any atom is 0.303 e. The van der Waals surface area contributed by atoms with Gasteiger partial charge in [-0.1, -0.05) is 0 Å². The lowest BCUT2D eigenvalue weighted by Gasteiger charge is -2.38. The Morgan fingerprint density at radius 3 is 2.20 bits per heavy atom. The van der Waals surface area contributed by atoms with Crippen molar-refractivity contribution >= 4 is 30.5 Å². The number of rotatable bonds is 4. The van der Waals surface area contributed by atoms with Crippen LogP contribution in [0.25, 0.3) is 0 Å². The fourth-order valence-electron chi connectivity index (χ4n) is 1.91. The summed E-state index contributed by atoms with van der Waals surface area (Å²) >= 11 is 4.18. The van der Waals surface area contributed by atoms with Crippen LogP contribution in [0.15, 0.2) is 0 Å². The lowest BCUT2D eigenvalue weighted by Crippen LogP contribution is -2.52. The van der Waals surface area contributed by atoms with Crippen molar-refractivity contribution in [3.63, 3.8) is 0 Å². The molecular formula is C12H18O7S. The van der Waals surface area contributed by atoms with E-state index in [1.54, 1.807) is 0 Å². The Bertz CT molecular complexity index is 384. The minimum absolute atomic E-state index is 0.109. The molecule has 1 heterocycles. The molecule has 0 aromatic heterocycles. The fourth-order valence-corrected chi connectivity index (χ4v) is 2.28. The van der Waals surface area contributed by atoms with Crippen LogP contribution in [0, 0.1) is 0 Å². The van der Waals surface area contributed by atoms with Gasteiger partial charge in [0.25, 0.3) is 0 Å². The molecule has 8 heteroatoms. The third-order valence-corrected chi connectivity index (χ3v) is 2.90. The second kappa shape index (κ2) is 7.49. The molecule has 4 unspecified atom stereocenters. The molecule has 1 aliphatic rings. The number of hydrogen-bond donors (Lipinski definition) is 1. The summed E-state index contributed by atoms with van der Waals surface area (Å²) in [5.41, 5.74) is -0.508. The minimum Gasteiger partial charge on any atom is -0.463 e. The van der Waals surface area contributed by atoms with Crippen molar-refractivity contribution in [2.45, 2.75) is 50.9 Å². The van der Waals surface area contributed by atoms with Gasteiger partial charge in [-0.15, -0.1) is 12.6 Å². The van der Waals surface area contributed by atoms with E-state index in [4.69, 9.17) is 18.9 Å². The van der Waals surface area contributed by atoms with Gasteiger partial charge in [-0.05, 0) is 0 Å². The van der Waals surface area contributed by atoms with Gasteiger partial charge in [0.05, 0.1) is 0 Å². The summed E-state index contributed by atoms with van der Waals surface area (Å²) in [6, 6.07) is 0. The maximum absolute atomic E-state index is 11.2. The van der Waals surface area contributed by atoms with E-state index >= 15 is 0 Å². The van der Waals surface area contributed by atoms with Gasteiger partial charge in [-0.3, -0.25) is 14.4 Å². The second-order valence-electron chi connectivity index (χ2n) is 4.39. The molecule has 0 aliphatic carbocycles. The molecule has 0 bridgehead atoms. The summed E-state index contributed by atoms with van der Waals surface area (Å²) in [7, 11) is 0. The number of thiol groups is 1. The predicted octanol–water partition coefficient (Wildman–Crippen LogP) is 0.458. The zero-order valence-corrected chi connectivity index (χ0v) is 12.4. The van der Waals surface area contributed by atoms with E-state index in [1.165, 1.54) is 20.8 Å². The van der Waals surface area contributed by atoms with Crippen molar-refractivity contribution < 1.29 is 33.3 Å². The van der Waals surface area contributed by atoms with Crippen molar-refractivity contribution in [3.8, 4) is 0 Å². The summed E-state index contributed by atoms with van der Waals surface area (Å²) in [4.78, 5) is 33.1. The van der Waals surface area contributed by atoms with Crippen LogP contribution in [0.1, 0.15) is 27.2 Å². The zero-order chi connectivity index (χ0) is 15.3. The van der Waals surface area contributed by atoms with Gasteiger partial charge in [0.15, 0.2) is 6.10 Å². The van der Waals surface area contributed by atoms with Gasteiger partial charge >= 0.3 is 17.9 Å². The molecule has 1 aliphatic heterocycles. The molecule has 1 fully saturated rings. The van der Waals surface area contributed by atoms with Crippen LogP contribution in [0.5, 0.6) is 0 Å². The van der Waals surface area contributed by atoms with Crippen molar-refractivity contribution in [1.82, 2.24) is 0 Å². The van der Waals surface area contributed by atoms with Gasteiger partial charge in [0.1, 0.15) is 24.3 Å². The number of hydrogen-bond acceptors (Lipinski definition) is 8. The number of carbonyl (C=O) groups is 3. The second-order valence-corrected chi connectivity index (χ2v) is 4.97. The first-order valence-corrected chi connectivity index (χ1v) is 6.62. The van der Waals surface area contributed by atoms with Crippen LogP contribution in [-0.4, -0.2) is 48.3 Å². The highest BCUT2D eigenvalue weighted by molar-refractivity contribution is 7.80. The Morgan fingerprint density at radius 2 is 1.70 bits per heavy atom. The van der Waals surface area contributed by atoms with Crippen molar-refractivity contribution in [2.75, 3.05) is 6.61 Å². The summed E-state index contributed by atoms with van der Waals surface area (Å²) in [6.45, 7) is 3.64. The molecule has 0 aromatic rings. The van der Waals surface area contributed by atoms with Crippen LogP contribution in [0.3, 0.4) is 0 Å². The van der Waals surface area contributed by atoms with Crippen LogP contribution in [-0.2, 0) is 33.3 Å². The molecular weight excluding hydrogens is 288 g/mol. The standard InChI is InChI=1S/C12H18O7S/c1-6(13)16-5-10-12(18-8(3)15)9(17-7(2)14)4-11(20)19-10/h9-12,20H,4-5H2,1-3H3. The lowest BCUT2D eigenvalue weighted by atomic mass is 10.0. The molecule has 0 amide bonds. The summed E-state index contributed by atoms with van der Waals surface area (Å²) in [6.07, 6.45) is -1.98. The number of esters is 3. The molecule has 0 saturated carbocycles. The van der Waals surface area contributed by atoms with E-state index in [2.05, 4.69) is 12.6 Å². The Balaban J connectivity index is 2.82. The molecule has 114 valence electrons. The fraction of sp³-hybridized carbons (Fsp3) is 0.750. The van der Waals surface area contributed by atoms with E-state index in [0.717, 1.165) is 0 Å². The molecule has 1 rings (SSSR count). The topological polar surface area (TPSA) is 88.1 Å². The predicted molar refractivity (Wildman–Crippen MR) is 70.0 cm³/mol. The van der Waals surface area contributed by atoms with E-state index < -0.39 is 41.7 Å². The van der Waals surface area contributed by atoms with Gasteiger partial charge in [0.2, 0.25) is 0 Å². The zero-order valence-electron chi connectivity index (χ0n) is 11.5. The lowest BCUT2D eigenvalue weighted by molar-refractivity contribution is -0.204. The van der Waals surface area contributed by atoms with Gasteiger partial charge in [-0.25, -0.2) is 0 Å². The maximum atomic E-state index is 11.2. The molecule has 7 nitrogen and oxygen atoms in total. The van der Waals surface area contributed by atoms with Crippen LogP contribution >= 0.6 is 12.6 Å².